The second-order valence-corrected chi connectivity index (χ2v) is 4.92. The number of aliphatic hydroxyl groups is 1. The fraction of sp³-hybridized carbons (Fsp3) is 0.118. The molecule has 108 valence electrons. The molecule has 0 aromatic heterocycles. The summed E-state index contributed by atoms with van der Waals surface area (Å²) in [6.07, 6.45) is 0.552. The van der Waals surface area contributed by atoms with Gasteiger partial charge in [0.1, 0.15) is 5.76 Å². The van der Waals surface area contributed by atoms with Crippen molar-refractivity contribution in [2.45, 2.75) is 6.42 Å². The highest BCUT2D eigenvalue weighted by Gasteiger charge is 2.07. The molecule has 0 heterocycles. The molecule has 0 aliphatic rings. The maximum Gasteiger partial charge on any atom is 0.338 e. The summed E-state index contributed by atoms with van der Waals surface area (Å²) in [4.78, 5) is 11.8. The van der Waals surface area contributed by atoms with Gasteiger partial charge in [-0.05, 0) is 29.8 Å². The molecule has 0 atom stereocenters. The van der Waals surface area contributed by atoms with Crippen LogP contribution in [0.1, 0.15) is 21.5 Å². The number of esters is 1. The van der Waals surface area contributed by atoms with E-state index in [1.807, 2.05) is 12.1 Å². The molecule has 2 aromatic rings. The lowest BCUT2D eigenvalue weighted by molar-refractivity contribution is 0.0509. The molecular weight excluding hydrogens is 288 g/mol. The zero-order valence-corrected chi connectivity index (χ0v) is 12.1. The van der Waals surface area contributed by atoms with Crippen LogP contribution in [0, 0.1) is 0 Å². The lowest BCUT2D eigenvalue weighted by atomic mass is 10.1. The summed E-state index contributed by atoms with van der Waals surface area (Å²) in [5, 5.41) is 9.75. The van der Waals surface area contributed by atoms with Crippen LogP contribution in [0.15, 0.2) is 55.1 Å². The third-order valence-electron chi connectivity index (χ3n) is 2.98. The molecule has 2 aromatic carbocycles. The minimum Gasteiger partial charge on any atom is -0.508 e. The van der Waals surface area contributed by atoms with Crippen LogP contribution in [0.2, 0.25) is 5.02 Å². The minimum absolute atomic E-state index is 0.0675. The first-order chi connectivity index (χ1) is 10.1. The minimum atomic E-state index is -0.345. The Labute approximate surface area is 128 Å². The molecule has 21 heavy (non-hydrogen) atoms. The van der Waals surface area contributed by atoms with Crippen molar-refractivity contribution in [2.24, 2.45) is 0 Å². The number of rotatable bonds is 5. The van der Waals surface area contributed by atoms with Crippen LogP contribution < -0.4 is 0 Å². The zero-order valence-electron chi connectivity index (χ0n) is 11.4. The fourth-order valence-electron chi connectivity index (χ4n) is 1.87. The van der Waals surface area contributed by atoms with Crippen LogP contribution in [0.5, 0.6) is 0 Å². The van der Waals surface area contributed by atoms with Crippen molar-refractivity contribution in [3.8, 4) is 0 Å². The van der Waals surface area contributed by atoms with E-state index in [9.17, 15) is 9.90 Å². The van der Waals surface area contributed by atoms with Crippen LogP contribution in [0.4, 0.5) is 0 Å². The second kappa shape index (κ2) is 6.95. The van der Waals surface area contributed by atoms with Gasteiger partial charge in [-0.2, -0.15) is 0 Å². The summed E-state index contributed by atoms with van der Waals surface area (Å²) in [7, 11) is 0. The quantitative estimate of drug-likeness (QED) is 0.663. The Kier molecular flexibility index (Phi) is 5.01. The topological polar surface area (TPSA) is 46.5 Å². The first kappa shape index (κ1) is 15.1. The molecule has 0 aliphatic heterocycles. The zero-order chi connectivity index (χ0) is 15.2. The van der Waals surface area contributed by atoms with E-state index in [0.29, 0.717) is 22.6 Å². The molecule has 0 bridgehead atoms. The van der Waals surface area contributed by atoms with Gasteiger partial charge in [0.15, 0.2) is 0 Å². The van der Waals surface area contributed by atoms with Crippen molar-refractivity contribution in [3.05, 3.63) is 76.8 Å². The van der Waals surface area contributed by atoms with E-state index >= 15 is 0 Å². The van der Waals surface area contributed by atoms with Gasteiger partial charge in [-0.15, -0.1) is 0 Å². The Bertz CT molecular complexity index is 650. The normalized spacial score (nSPS) is 10.1. The van der Waals surface area contributed by atoms with Crippen molar-refractivity contribution < 1.29 is 14.6 Å². The van der Waals surface area contributed by atoms with E-state index in [1.165, 1.54) is 0 Å². The summed E-state index contributed by atoms with van der Waals surface area (Å²) >= 11 is 6.03. The molecular formula is C17H15ClO3. The lowest BCUT2D eigenvalue weighted by Crippen LogP contribution is -2.08. The molecule has 1 N–H and O–H groups in total. The van der Waals surface area contributed by atoms with Gasteiger partial charge in [0, 0.05) is 12.0 Å². The van der Waals surface area contributed by atoms with E-state index in [2.05, 4.69) is 6.58 Å². The largest absolute Gasteiger partial charge is 0.508 e. The standard InChI is InChI=1S/C17H15ClO3/c1-12(19)15-8-7-13(11-16(15)18)9-10-21-17(20)14-5-3-2-4-6-14/h2-8,11,19H,1,9-10H2. The molecule has 4 heteroatoms. The maximum atomic E-state index is 11.8. The Hall–Kier alpha value is -2.26. The molecule has 0 fully saturated rings. The summed E-state index contributed by atoms with van der Waals surface area (Å²) in [5.74, 6) is -0.413. The Morgan fingerprint density at radius 3 is 2.52 bits per heavy atom. The van der Waals surface area contributed by atoms with Gasteiger partial charge in [0.25, 0.3) is 0 Å². The van der Waals surface area contributed by atoms with Gasteiger partial charge in [0.2, 0.25) is 0 Å². The number of benzene rings is 2. The van der Waals surface area contributed by atoms with E-state index in [0.717, 1.165) is 5.56 Å². The maximum absolute atomic E-state index is 11.8. The highest BCUT2D eigenvalue weighted by molar-refractivity contribution is 6.32. The average molecular weight is 303 g/mol. The van der Waals surface area contributed by atoms with E-state index < -0.39 is 0 Å². The number of carbonyl (C=O) groups is 1. The summed E-state index contributed by atoms with van der Waals surface area (Å²) in [6, 6.07) is 14.1. The fourth-order valence-corrected chi connectivity index (χ4v) is 2.18. The molecule has 0 saturated heterocycles. The predicted molar refractivity (Wildman–Crippen MR) is 83.5 cm³/mol. The first-order valence-corrected chi connectivity index (χ1v) is 6.84. The van der Waals surface area contributed by atoms with Crippen LogP contribution in [0.3, 0.4) is 0 Å². The van der Waals surface area contributed by atoms with E-state index in [-0.39, 0.29) is 18.3 Å². The van der Waals surface area contributed by atoms with Crippen molar-refractivity contribution in [1.29, 1.82) is 0 Å². The highest BCUT2D eigenvalue weighted by atomic mass is 35.5. The smallest absolute Gasteiger partial charge is 0.338 e. The number of carbonyl (C=O) groups excluding carboxylic acids is 1. The van der Waals surface area contributed by atoms with Crippen LogP contribution in [-0.2, 0) is 11.2 Å². The van der Waals surface area contributed by atoms with Crippen molar-refractivity contribution >= 4 is 23.3 Å². The SMILES string of the molecule is C=C(O)c1ccc(CCOC(=O)c2ccccc2)cc1Cl. The molecule has 0 saturated carbocycles. The van der Waals surface area contributed by atoms with Gasteiger partial charge < -0.3 is 9.84 Å². The molecule has 3 nitrogen and oxygen atoms in total. The number of halogens is 1. The average Bonchev–Trinajstić information content (AvgIpc) is 2.47. The number of hydrogen-bond donors (Lipinski definition) is 1. The van der Waals surface area contributed by atoms with Gasteiger partial charge in [-0.1, -0.05) is 42.4 Å². The summed E-state index contributed by atoms with van der Waals surface area (Å²) in [6.45, 7) is 3.70. The Morgan fingerprint density at radius 2 is 1.90 bits per heavy atom. The molecule has 2 rings (SSSR count). The van der Waals surface area contributed by atoms with E-state index in [1.54, 1.807) is 36.4 Å². The Morgan fingerprint density at radius 1 is 1.19 bits per heavy atom. The van der Waals surface area contributed by atoms with Crippen molar-refractivity contribution in [3.63, 3.8) is 0 Å². The molecule has 0 spiro atoms. The predicted octanol–water partition coefficient (Wildman–Crippen LogP) is 4.27. The molecule has 0 aliphatic carbocycles. The second-order valence-electron chi connectivity index (χ2n) is 4.51. The monoisotopic (exact) mass is 302 g/mol. The highest BCUT2D eigenvalue weighted by Crippen LogP contribution is 2.22. The lowest BCUT2D eigenvalue weighted by Gasteiger charge is -2.07. The van der Waals surface area contributed by atoms with Gasteiger partial charge >= 0.3 is 5.97 Å². The van der Waals surface area contributed by atoms with Gasteiger partial charge in [-0.25, -0.2) is 4.79 Å². The Balaban J connectivity index is 1.91. The third kappa shape index (κ3) is 4.10. The van der Waals surface area contributed by atoms with Crippen molar-refractivity contribution in [1.82, 2.24) is 0 Å². The molecule has 0 amide bonds. The number of hydrogen-bond acceptors (Lipinski definition) is 3. The van der Waals surface area contributed by atoms with Crippen molar-refractivity contribution in [2.75, 3.05) is 6.61 Å². The van der Waals surface area contributed by atoms with Crippen LogP contribution >= 0.6 is 11.6 Å². The van der Waals surface area contributed by atoms with Gasteiger partial charge in [-0.3, -0.25) is 0 Å². The number of ether oxygens (including phenoxy) is 1. The molecule has 0 unspecified atom stereocenters. The molecule has 0 radical (unpaired) electrons. The summed E-state index contributed by atoms with van der Waals surface area (Å²) < 4.78 is 5.20. The van der Waals surface area contributed by atoms with Crippen LogP contribution in [0.25, 0.3) is 5.76 Å². The third-order valence-corrected chi connectivity index (χ3v) is 3.29. The van der Waals surface area contributed by atoms with Gasteiger partial charge in [0.05, 0.1) is 17.2 Å². The summed E-state index contributed by atoms with van der Waals surface area (Å²) in [5.41, 5.74) is 1.95. The van der Waals surface area contributed by atoms with Crippen LogP contribution in [-0.4, -0.2) is 17.7 Å². The first-order valence-electron chi connectivity index (χ1n) is 6.47. The number of aliphatic hydroxyl groups excluding tert-OH is 1. The van der Waals surface area contributed by atoms with E-state index in [4.69, 9.17) is 16.3 Å².